The van der Waals surface area contributed by atoms with Gasteiger partial charge in [-0.1, -0.05) is 0 Å². The zero-order valence-corrected chi connectivity index (χ0v) is 16.9. The summed E-state index contributed by atoms with van der Waals surface area (Å²) in [6, 6.07) is 6.70. The number of nitrogens with zero attached hydrogens (tertiary/aromatic N) is 3. The second kappa shape index (κ2) is 6.86. The van der Waals surface area contributed by atoms with Gasteiger partial charge in [-0.15, -0.1) is 10.2 Å². The first-order valence-electron chi connectivity index (χ1n) is 7.44. The smallest absolute Gasteiger partial charge is 0.283 e. The average Bonchev–Trinajstić information content (AvgIpc) is 3.21. The van der Waals surface area contributed by atoms with Crippen molar-refractivity contribution in [3.63, 3.8) is 0 Å². The lowest BCUT2D eigenvalue weighted by Crippen LogP contribution is -2.22. The maximum atomic E-state index is 12.3. The topological polar surface area (TPSA) is 98.7 Å². The van der Waals surface area contributed by atoms with Crippen LogP contribution in [0.2, 0.25) is 0 Å². The maximum absolute atomic E-state index is 12.3. The fraction of sp³-hybridized carbons (Fsp3) is 0.250. The number of hydrogen-bond acceptors (Lipinski definition) is 7. The summed E-state index contributed by atoms with van der Waals surface area (Å²) < 4.78 is 42.8. The van der Waals surface area contributed by atoms with Crippen LogP contribution in [0.3, 0.4) is 0 Å². The van der Waals surface area contributed by atoms with Gasteiger partial charge in [-0.3, -0.25) is 0 Å². The number of methoxy groups -OCH3 is 1. The van der Waals surface area contributed by atoms with Crippen LogP contribution in [0.5, 0.6) is 5.75 Å². The number of rotatable bonds is 5. The van der Waals surface area contributed by atoms with Crippen LogP contribution < -0.4 is 4.74 Å². The highest BCUT2D eigenvalue weighted by atomic mass is 79.9. The third kappa shape index (κ3) is 3.27. The molecule has 2 heterocycles. The zero-order chi connectivity index (χ0) is 19.1. The van der Waals surface area contributed by atoms with Gasteiger partial charge in [0.05, 0.1) is 11.6 Å². The average molecular weight is 442 g/mol. The molecule has 2 aromatic heterocycles. The molecule has 3 rings (SSSR count). The Hall–Kier alpha value is -2.17. The number of hydrogen-bond donors (Lipinski definition) is 0. The van der Waals surface area contributed by atoms with E-state index in [9.17, 15) is 8.42 Å². The Bertz CT molecular complexity index is 1060. The summed E-state index contributed by atoms with van der Waals surface area (Å²) >= 11 is 3.40. The molecule has 26 heavy (non-hydrogen) atoms. The van der Waals surface area contributed by atoms with Crippen LogP contribution in [0.1, 0.15) is 5.76 Å². The summed E-state index contributed by atoms with van der Waals surface area (Å²) in [4.78, 5) is 0.0597. The summed E-state index contributed by atoms with van der Waals surface area (Å²) in [5.74, 6) is 1.48. The predicted octanol–water partition coefficient (Wildman–Crippen LogP) is 3.33. The minimum absolute atomic E-state index is 0.0597. The molecule has 0 aliphatic carbocycles. The number of aryl methyl sites for hydroxylation is 1. The largest absolute Gasteiger partial charge is 0.496 e. The van der Waals surface area contributed by atoms with Gasteiger partial charge in [0.25, 0.3) is 5.89 Å². The van der Waals surface area contributed by atoms with Gasteiger partial charge in [0.2, 0.25) is 15.9 Å². The van der Waals surface area contributed by atoms with Gasteiger partial charge in [0.1, 0.15) is 16.4 Å². The molecule has 138 valence electrons. The number of benzene rings is 1. The van der Waals surface area contributed by atoms with Crippen LogP contribution in [0.25, 0.3) is 23.1 Å². The van der Waals surface area contributed by atoms with Crippen molar-refractivity contribution in [2.24, 2.45) is 0 Å². The molecule has 0 bridgehead atoms. The maximum Gasteiger partial charge on any atom is 0.283 e. The molecule has 0 fully saturated rings. The van der Waals surface area contributed by atoms with E-state index < -0.39 is 10.0 Å². The predicted molar refractivity (Wildman–Crippen MR) is 97.3 cm³/mol. The fourth-order valence-corrected chi connectivity index (χ4v) is 3.86. The number of ether oxygens (including phenoxy) is 1. The van der Waals surface area contributed by atoms with Crippen LogP contribution in [0, 0.1) is 6.92 Å². The lowest BCUT2D eigenvalue weighted by atomic mass is 10.2. The molecule has 8 nitrogen and oxygen atoms in total. The Kier molecular flexibility index (Phi) is 4.91. The Morgan fingerprint density at radius 1 is 1.12 bits per heavy atom. The van der Waals surface area contributed by atoms with E-state index in [0.29, 0.717) is 11.3 Å². The first-order chi connectivity index (χ1) is 12.2. The first kappa shape index (κ1) is 18.6. The third-order valence-corrected chi connectivity index (χ3v) is 6.21. The lowest BCUT2D eigenvalue weighted by Gasteiger charge is -2.09. The lowest BCUT2D eigenvalue weighted by molar-refractivity contribution is 0.412. The SMILES string of the molecule is COc1ccc(-c2nnc(-c3cc(S(=O)(=O)N(C)C)c(C)o3)o2)cc1Br. The Labute approximate surface area is 159 Å². The van der Waals surface area contributed by atoms with Crippen molar-refractivity contribution in [1.29, 1.82) is 0 Å². The molecule has 0 aliphatic rings. The van der Waals surface area contributed by atoms with Crippen molar-refractivity contribution < 1.29 is 22.0 Å². The second-order valence-electron chi connectivity index (χ2n) is 5.58. The van der Waals surface area contributed by atoms with E-state index in [1.165, 1.54) is 20.2 Å². The minimum Gasteiger partial charge on any atom is -0.496 e. The standard InChI is InChI=1S/C16H16BrN3O5S/c1-9-14(26(21,22)20(2)3)8-13(24-9)16-19-18-15(25-16)10-5-6-12(23-4)11(17)7-10/h5-8H,1-4H3. The molecule has 3 aromatic rings. The quantitative estimate of drug-likeness (QED) is 0.598. The van der Waals surface area contributed by atoms with E-state index in [4.69, 9.17) is 13.6 Å². The Morgan fingerprint density at radius 3 is 2.42 bits per heavy atom. The van der Waals surface area contributed by atoms with Crippen molar-refractivity contribution in [3.8, 4) is 28.9 Å². The van der Waals surface area contributed by atoms with Crippen molar-refractivity contribution >= 4 is 26.0 Å². The molecular formula is C16H16BrN3O5S. The van der Waals surface area contributed by atoms with Crippen LogP contribution in [0.15, 0.2) is 42.5 Å². The van der Waals surface area contributed by atoms with Crippen molar-refractivity contribution in [1.82, 2.24) is 14.5 Å². The van der Waals surface area contributed by atoms with Crippen LogP contribution in [-0.2, 0) is 10.0 Å². The second-order valence-corrected chi connectivity index (χ2v) is 8.55. The van der Waals surface area contributed by atoms with E-state index >= 15 is 0 Å². The normalized spacial score (nSPS) is 11.9. The fourth-order valence-electron chi connectivity index (χ4n) is 2.26. The molecule has 0 N–H and O–H groups in total. The molecule has 10 heteroatoms. The molecular weight excluding hydrogens is 426 g/mol. The summed E-state index contributed by atoms with van der Waals surface area (Å²) in [5.41, 5.74) is 0.681. The molecule has 0 aliphatic heterocycles. The van der Waals surface area contributed by atoms with Gasteiger partial charge in [-0.25, -0.2) is 12.7 Å². The van der Waals surface area contributed by atoms with E-state index in [2.05, 4.69) is 26.1 Å². The van der Waals surface area contributed by atoms with Gasteiger partial charge < -0.3 is 13.6 Å². The van der Waals surface area contributed by atoms with Crippen molar-refractivity contribution in [2.45, 2.75) is 11.8 Å². The first-order valence-corrected chi connectivity index (χ1v) is 9.68. The molecule has 0 atom stereocenters. The summed E-state index contributed by atoms with van der Waals surface area (Å²) in [7, 11) is 0.853. The van der Waals surface area contributed by atoms with E-state index in [1.807, 2.05) is 0 Å². The summed E-state index contributed by atoms with van der Waals surface area (Å²) in [6.07, 6.45) is 0. The number of halogens is 1. The van der Waals surface area contributed by atoms with Crippen molar-refractivity contribution in [3.05, 3.63) is 34.5 Å². The highest BCUT2D eigenvalue weighted by molar-refractivity contribution is 9.10. The zero-order valence-electron chi connectivity index (χ0n) is 14.5. The molecule has 0 spiro atoms. The van der Waals surface area contributed by atoms with Gasteiger partial charge >= 0.3 is 0 Å². The van der Waals surface area contributed by atoms with E-state index in [-0.39, 0.29) is 28.2 Å². The molecule has 0 unspecified atom stereocenters. The third-order valence-electron chi connectivity index (χ3n) is 3.67. The number of sulfonamides is 1. The van der Waals surface area contributed by atoms with E-state index in [0.717, 1.165) is 8.78 Å². The Morgan fingerprint density at radius 2 is 1.81 bits per heavy atom. The molecule has 0 amide bonds. The number of aromatic nitrogens is 2. The highest BCUT2D eigenvalue weighted by Gasteiger charge is 2.26. The molecule has 0 saturated heterocycles. The van der Waals surface area contributed by atoms with Gasteiger partial charge in [0, 0.05) is 25.7 Å². The van der Waals surface area contributed by atoms with Crippen LogP contribution in [-0.4, -0.2) is 44.1 Å². The van der Waals surface area contributed by atoms with Crippen LogP contribution >= 0.6 is 15.9 Å². The monoisotopic (exact) mass is 441 g/mol. The summed E-state index contributed by atoms with van der Waals surface area (Å²) in [5, 5.41) is 7.95. The number of furan rings is 1. The highest BCUT2D eigenvalue weighted by Crippen LogP contribution is 2.33. The molecule has 1 aromatic carbocycles. The van der Waals surface area contributed by atoms with Gasteiger partial charge in [-0.2, -0.15) is 0 Å². The molecule has 0 saturated carbocycles. The van der Waals surface area contributed by atoms with Crippen molar-refractivity contribution in [2.75, 3.05) is 21.2 Å². The van der Waals surface area contributed by atoms with Gasteiger partial charge in [-0.05, 0) is 41.1 Å². The minimum atomic E-state index is -3.62. The van der Waals surface area contributed by atoms with Gasteiger partial charge in [0.15, 0.2) is 5.76 Å². The molecule has 0 radical (unpaired) electrons. The Balaban J connectivity index is 1.97. The van der Waals surface area contributed by atoms with Crippen LogP contribution in [0.4, 0.5) is 0 Å². The van der Waals surface area contributed by atoms with E-state index in [1.54, 1.807) is 32.2 Å². The summed E-state index contributed by atoms with van der Waals surface area (Å²) in [6.45, 7) is 1.57.